The largest absolute Gasteiger partial charge is 0.373 e. The zero-order valence-electron chi connectivity index (χ0n) is 17.5. The smallest absolute Gasteiger partial charge is 0.228 e. The van der Waals surface area contributed by atoms with Gasteiger partial charge in [0.05, 0.1) is 6.04 Å². The van der Waals surface area contributed by atoms with Gasteiger partial charge in [-0.2, -0.15) is 10.1 Å². The van der Waals surface area contributed by atoms with Crippen LogP contribution in [-0.2, 0) is 0 Å². The molecule has 10 heteroatoms. The normalized spacial score (nSPS) is 15.6. The Kier molecular flexibility index (Phi) is 4.73. The van der Waals surface area contributed by atoms with Crippen LogP contribution in [-0.4, -0.2) is 43.9 Å². The molecule has 4 aromatic heterocycles. The highest BCUT2D eigenvalue weighted by atomic mass is 16.5. The van der Waals surface area contributed by atoms with E-state index in [0.717, 1.165) is 53.0 Å². The van der Waals surface area contributed by atoms with Crippen LogP contribution in [0.2, 0.25) is 0 Å². The Bertz CT molecular complexity index is 1220. The summed E-state index contributed by atoms with van der Waals surface area (Å²) in [4.78, 5) is 15.8. The number of anilines is 4. The third kappa shape index (κ3) is 3.67. The van der Waals surface area contributed by atoms with E-state index in [0.29, 0.717) is 11.8 Å². The molecule has 1 aliphatic rings. The number of nitrogens with zero attached hydrogens (tertiary/aromatic N) is 6. The van der Waals surface area contributed by atoms with Crippen LogP contribution in [0, 0.1) is 13.8 Å². The second-order valence-electron chi connectivity index (χ2n) is 7.52. The molecule has 158 valence electrons. The van der Waals surface area contributed by atoms with E-state index in [1.165, 1.54) is 0 Å². The van der Waals surface area contributed by atoms with Crippen molar-refractivity contribution in [3.63, 3.8) is 0 Å². The van der Waals surface area contributed by atoms with Gasteiger partial charge in [0.1, 0.15) is 17.3 Å². The van der Waals surface area contributed by atoms with Crippen molar-refractivity contribution in [3.05, 3.63) is 53.7 Å². The van der Waals surface area contributed by atoms with Gasteiger partial charge in [0.25, 0.3) is 0 Å². The summed E-state index contributed by atoms with van der Waals surface area (Å²) >= 11 is 0. The molecule has 4 aromatic rings. The average molecular weight is 417 g/mol. The van der Waals surface area contributed by atoms with Crippen molar-refractivity contribution >= 4 is 23.4 Å². The van der Waals surface area contributed by atoms with E-state index in [9.17, 15) is 0 Å². The fourth-order valence-corrected chi connectivity index (χ4v) is 3.67. The zero-order chi connectivity index (χ0) is 21.4. The van der Waals surface area contributed by atoms with E-state index in [2.05, 4.69) is 40.9 Å². The van der Waals surface area contributed by atoms with Crippen LogP contribution in [0.4, 0.5) is 23.4 Å². The van der Waals surface area contributed by atoms with Gasteiger partial charge in [-0.05, 0) is 32.4 Å². The first kappa shape index (κ1) is 19.0. The summed E-state index contributed by atoms with van der Waals surface area (Å²) in [6.07, 6.45) is 2.69. The number of aromatic nitrogens is 6. The molecule has 10 nitrogen and oxygen atoms in total. The third-order valence-electron chi connectivity index (χ3n) is 5.26. The summed E-state index contributed by atoms with van der Waals surface area (Å²) in [6.45, 7) is 4.76. The van der Waals surface area contributed by atoms with Crippen LogP contribution in [0.25, 0.3) is 11.3 Å². The van der Waals surface area contributed by atoms with E-state index < -0.39 is 0 Å². The van der Waals surface area contributed by atoms with Gasteiger partial charge in [-0.1, -0.05) is 5.16 Å². The molecular formula is C21H23N9O. The van der Waals surface area contributed by atoms with Crippen LogP contribution in [0.5, 0.6) is 0 Å². The Balaban J connectivity index is 1.39. The van der Waals surface area contributed by atoms with Crippen LogP contribution in [0.3, 0.4) is 0 Å². The molecule has 0 saturated carbocycles. The van der Waals surface area contributed by atoms with Gasteiger partial charge in [0, 0.05) is 54.9 Å². The molecule has 3 N–H and O–H groups in total. The minimum atomic E-state index is 0.0400. The molecule has 5 rings (SSSR count). The maximum absolute atomic E-state index is 5.70. The molecule has 0 radical (unpaired) electrons. The predicted octanol–water partition coefficient (Wildman–Crippen LogP) is 3.60. The lowest BCUT2D eigenvalue weighted by Crippen LogP contribution is -2.42. The van der Waals surface area contributed by atoms with Crippen LogP contribution >= 0.6 is 0 Å². The summed E-state index contributed by atoms with van der Waals surface area (Å²) in [6, 6.07) is 9.69. The van der Waals surface area contributed by atoms with Crippen molar-refractivity contribution in [2.24, 2.45) is 0 Å². The van der Waals surface area contributed by atoms with Crippen molar-refractivity contribution in [2.75, 3.05) is 29.1 Å². The van der Waals surface area contributed by atoms with Gasteiger partial charge in [-0.25, -0.2) is 9.97 Å². The number of H-pyrrole nitrogens is 1. The number of pyridine rings is 1. The first-order valence-electron chi connectivity index (χ1n) is 10.1. The molecule has 1 saturated heterocycles. The summed E-state index contributed by atoms with van der Waals surface area (Å²) in [7, 11) is 1.84. The Labute approximate surface area is 179 Å². The molecule has 0 amide bonds. The lowest BCUT2D eigenvalue weighted by atomic mass is 10.0. The van der Waals surface area contributed by atoms with Crippen molar-refractivity contribution in [1.82, 2.24) is 30.3 Å². The standard InChI is InChI=1S/C21H23N9O/c1-12-9-18(25-19-10-13(2)27-28-19)26-21(24-12)30-8-6-16(30)17-11-15(29-31-17)14-5-4-7-23-20(14)22-3/h4-5,7,9-11,16H,6,8H2,1-3H3,(H,22,23)(H2,24,25,26,27,28)/t16-/m0/s1. The highest BCUT2D eigenvalue weighted by Crippen LogP contribution is 2.38. The van der Waals surface area contributed by atoms with Crippen LogP contribution < -0.4 is 15.5 Å². The second kappa shape index (κ2) is 7.71. The fraction of sp³-hybridized carbons (Fsp3) is 0.286. The molecule has 0 aromatic carbocycles. The zero-order valence-corrected chi connectivity index (χ0v) is 17.5. The first-order chi connectivity index (χ1) is 15.1. The maximum atomic E-state index is 5.70. The van der Waals surface area contributed by atoms with Crippen LogP contribution in [0.15, 0.2) is 41.1 Å². The SMILES string of the molecule is CNc1ncccc1-c1cc([C@@H]2CCN2c2nc(C)cc(Nc3cc(C)[nH]n3)n2)on1. The molecule has 1 atom stereocenters. The highest BCUT2D eigenvalue weighted by molar-refractivity contribution is 5.72. The molecule has 1 aliphatic heterocycles. The van der Waals surface area contributed by atoms with E-state index in [-0.39, 0.29) is 6.04 Å². The van der Waals surface area contributed by atoms with Crippen molar-refractivity contribution < 1.29 is 4.52 Å². The van der Waals surface area contributed by atoms with Gasteiger partial charge in [0.15, 0.2) is 11.6 Å². The third-order valence-corrected chi connectivity index (χ3v) is 5.26. The van der Waals surface area contributed by atoms with Gasteiger partial charge in [-0.15, -0.1) is 0 Å². The fourth-order valence-electron chi connectivity index (χ4n) is 3.67. The molecule has 1 fully saturated rings. The van der Waals surface area contributed by atoms with Gasteiger partial charge in [-0.3, -0.25) is 5.10 Å². The van der Waals surface area contributed by atoms with Crippen LogP contribution in [0.1, 0.15) is 29.6 Å². The molecule has 0 bridgehead atoms. The number of nitrogens with one attached hydrogen (secondary N) is 3. The molecule has 5 heterocycles. The monoisotopic (exact) mass is 417 g/mol. The minimum Gasteiger partial charge on any atom is -0.373 e. The second-order valence-corrected chi connectivity index (χ2v) is 7.52. The molecule has 0 unspecified atom stereocenters. The number of hydrogen-bond donors (Lipinski definition) is 3. The summed E-state index contributed by atoms with van der Waals surface area (Å²) < 4.78 is 5.70. The van der Waals surface area contributed by atoms with E-state index >= 15 is 0 Å². The Morgan fingerprint density at radius 3 is 2.81 bits per heavy atom. The Morgan fingerprint density at radius 1 is 1.16 bits per heavy atom. The van der Waals surface area contributed by atoms with Gasteiger partial charge >= 0.3 is 0 Å². The molecule has 31 heavy (non-hydrogen) atoms. The summed E-state index contributed by atoms with van der Waals surface area (Å²) in [5, 5.41) is 17.7. The molecule has 0 aliphatic carbocycles. The van der Waals surface area contributed by atoms with Gasteiger partial charge in [0.2, 0.25) is 5.95 Å². The molecule has 0 spiro atoms. The first-order valence-corrected chi connectivity index (χ1v) is 10.1. The number of rotatable bonds is 6. The average Bonchev–Trinajstić information content (AvgIpc) is 3.36. The summed E-state index contributed by atoms with van der Waals surface area (Å²) in [5.74, 6) is 3.63. The number of hydrogen-bond acceptors (Lipinski definition) is 9. The Hall–Kier alpha value is -3.95. The molecular weight excluding hydrogens is 394 g/mol. The van der Waals surface area contributed by atoms with E-state index in [4.69, 9.17) is 9.51 Å². The van der Waals surface area contributed by atoms with Crippen molar-refractivity contribution in [3.8, 4) is 11.3 Å². The summed E-state index contributed by atoms with van der Waals surface area (Å²) in [5.41, 5.74) is 3.50. The lowest BCUT2D eigenvalue weighted by Gasteiger charge is -2.39. The quantitative estimate of drug-likeness (QED) is 0.432. The van der Waals surface area contributed by atoms with Gasteiger partial charge < -0.3 is 20.1 Å². The number of aryl methyl sites for hydroxylation is 2. The maximum Gasteiger partial charge on any atom is 0.228 e. The predicted molar refractivity (Wildman–Crippen MR) is 117 cm³/mol. The van der Waals surface area contributed by atoms with E-state index in [1.807, 2.05) is 51.2 Å². The van der Waals surface area contributed by atoms with E-state index in [1.54, 1.807) is 6.20 Å². The topological polar surface area (TPSA) is 121 Å². The minimum absolute atomic E-state index is 0.0400. The van der Waals surface area contributed by atoms with Crippen molar-refractivity contribution in [1.29, 1.82) is 0 Å². The lowest BCUT2D eigenvalue weighted by molar-refractivity contribution is 0.315. The highest BCUT2D eigenvalue weighted by Gasteiger charge is 2.35. The Morgan fingerprint density at radius 2 is 2.06 bits per heavy atom. The number of aromatic amines is 1. The van der Waals surface area contributed by atoms with Crippen molar-refractivity contribution in [2.45, 2.75) is 26.3 Å².